The van der Waals surface area contributed by atoms with Crippen molar-refractivity contribution in [1.82, 2.24) is 25.3 Å². The van der Waals surface area contributed by atoms with Crippen molar-refractivity contribution in [2.45, 2.75) is 25.7 Å². The average molecular weight is 482 g/mol. The van der Waals surface area contributed by atoms with E-state index in [0.717, 1.165) is 37.7 Å². The molecule has 0 aliphatic carbocycles. The molecule has 1 aliphatic rings. The Labute approximate surface area is 179 Å². The third kappa shape index (κ3) is 7.14. The first kappa shape index (κ1) is 21.7. The van der Waals surface area contributed by atoms with Crippen molar-refractivity contribution in [1.29, 1.82) is 0 Å². The van der Waals surface area contributed by atoms with Crippen LogP contribution in [-0.2, 0) is 6.42 Å². The van der Waals surface area contributed by atoms with E-state index < -0.39 is 0 Å². The number of rotatable bonds is 7. The minimum atomic E-state index is 0. The van der Waals surface area contributed by atoms with Gasteiger partial charge in [0.05, 0.1) is 5.69 Å². The molecule has 6 nitrogen and oxygen atoms in total. The van der Waals surface area contributed by atoms with Gasteiger partial charge in [-0.1, -0.05) is 18.6 Å². The first-order valence-corrected chi connectivity index (χ1v) is 9.61. The highest BCUT2D eigenvalue weighted by molar-refractivity contribution is 14.0. The first-order chi connectivity index (χ1) is 12.8. The van der Waals surface area contributed by atoms with Gasteiger partial charge in [-0.2, -0.15) is 5.10 Å². The number of guanidine groups is 1. The summed E-state index contributed by atoms with van der Waals surface area (Å²) in [5, 5.41) is 11.1. The molecule has 0 spiro atoms. The highest BCUT2D eigenvalue weighted by Gasteiger charge is 2.09. The van der Waals surface area contributed by atoms with Gasteiger partial charge in [-0.05, 0) is 56.1 Å². The minimum Gasteiger partial charge on any atom is -0.356 e. The van der Waals surface area contributed by atoms with Crippen LogP contribution in [0.5, 0.6) is 0 Å². The average Bonchev–Trinajstić information content (AvgIpc) is 3.23. The quantitative estimate of drug-likeness (QED) is 0.362. The molecule has 3 rings (SSSR count). The molecule has 1 aliphatic heterocycles. The maximum atomic E-state index is 4.31. The maximum Gasteiger partial charge on any atom is 0.191 e. The predicted octanol–water partition coefficient (Wildman–Crippen LogP) is 2.68. The van der Waals surface area contributed by atoms with E-state index in [0.29, 0.717) is 0 Å². The van der Waals surface area contributed by atoms with E-state index in [2.05, 4.69) is 49.9 Å². The van der Waals surface area contributed by atoms with Crippen LogP contribution in [0, 0.1) is 0 Å². The van der Waals surface area contributed by atoms with Crippen molar-refractivity contribution in [2.75, 3.05) is 39.8 Å². The van der Waals surface area contributed by atoms with Crippen molar-refractivity contribution in [3.8, 4) is 5.69 Å². The molecule has 0 amide bonds. The van der Waals surface area contributed by atoms with Crippen LogP contribution in [0.25, 0.3) is 5.69 Å². The predicted molar refractivity (Wildman–Crippen MR) is 122 cm³/mol. The molecule has 7 heteroatoms. The zero-order valence-corrected chi connectivity index (χ0v) is 18.4. The molecule has 2 N–H and O–H groups in total. The van der Waals surface area contributed by atoms with Gasteiger partial charge >= 0.3 is 0 Å². The summed E-state index contributed by atoms with van der Waals surface area (Å²) in [4.78, 5) is 6.85. The van der Waals surface area contributed by atoms with Crippen molar-refractivity contribution in [2.24, 2.45) is 4.99 Å². The van der Waals surface area contributed by atoms with Gasteiger partial charge in [-0.3, -0.25) is 4.99 Å². The lowest BCUT2D eigenvalue weighted by Gasteiger charge is -2.26. The lowest BCUT2D eigenvalue weighted by molar-refractivity contribution is 0.232. The third-order valence-electron chi connectivity index (χ3n) is 4.80. The summed E-state index contributed by atoms with van der Waals surface area (Å²) in [7, 11) is 1.83. The van der Waals surface area contributed by atoms with Gasteiger partial charge in [0.2, 0.25) is 0 Å². The molecule has 148 valence electrons. The van der Waals surface area contributed by atoms with Crippen molar-refractivity contribution < 1.29 is 0 Å². The Morgan fingerprint density at radius 1 is 1.07 bits per heavy atom. The van der Waals surface area contributed by atoms with Gasteiger partial charge in [0.25, 0.3) is 0 Å². The molecule has 1 saturated heterocycles. The van der Waals surface area contributed by atoms with Crippen LogP contribution < -0.4 is 10.6 Å². The van der Waals surface area contributed by atoms with Crippen LogP contribution in [0.3, 0.4) is 0 Å². The van der Waals surface area contributed by atoms with Crippen LogP contribution in [0.2, 0.25) is 0 Å². The summed E-state index contributed by atoms with van der Waals surface area (Å²) >= 11 is 0. The monoisotopic (exact) mass is 482 g/mol. The van der Waals surface area contributed by atoms with Crippen LogP contribution in [0.15, 0.2) is 47.7 Å². The lowest BCUT2D eigenvalue weighted by atomic mass is 10.1. The molecule has 0 unspecified atom stereocenters. The minimum absolute atomic E-state index is 0. The Hall–Kier alpha value is -1.61. The second kappa shape index (κ2) is 12.0. The largest absolute Gasteiger partial charge is 0.356 e. The van der Waals surface area contributed by atoms with Crippen LogP contribution in [0.1, 0.15) is 24.8 Å². The molecule has 1 aromatic carbocycles. The molecule has 0 atom stereocenters. The van der Waals surface area contributed by atoms with Crippen LogP contribution >= 0.6 is 24.0 Å². The standard InChI is InChI=1S/C20H30N6.HI/c1-21-20(23-13-17-25-14-3-2-4-15-25)22-12-10-18-6-8-19(9-7-18)26-16-5-11-24-26;/h5-9,11,16H,2-4,10,12-15,17H2,1H3,(H2,21,22,23);1H. The molecule has 2 heterocycles. The summed E-state index contributed by atoms with van der Waals surface area (Å²) in [6.45, 7) is 5.38. The number of benzene rings is 1. The SMILES string of the molecule is CN=C(NCCc1ccc(-n2cccn2)cc1)NCCN1CCCCC1.I. The van der Waals surface area contributed by atoms with Crippen molar-refractivity contribution in [3.05, 3.63) is 48.3 Å². The molecule has 0 saturated carbocycles. The molecule has 2 aromatic rings. The third-order valence-corrected chi connectivity index (χ3v) is 4.80. The molecular weight excluding hydrogens is 451 g/mol. The molecule has 27 heavy (non-hydrogen) atoms. The Balaban J connectivity index is 0.00000261. The van der Waals surface area contributed by atoms with E-state index in [1.165, 1.54) is 37.9 Å². The number of likely N-dealkylation sites (tertiary alicyclic amines) is 1. The van der Waals surface area contributed by atoms with E-state index >= 15 is 0 Å². The normalized spacial score (nSPS) is 15.2. The molecule has 1 aromatic heterocycles. The van der Waals surface area contributed by atoms with Gasteiger partial charge < -0.3 is 15.5 Å². The fraction of sp³-hybridized carbons (Fsp3) is 0.500. The fourth-order valence-corrected chi connectivity index (χ4v) is 3.30. The first-order valence-electron chi connectivity index (χ1n) is 9.61. The van der Waals surface area contributed by atoms with Gasteiger partial charge in [0, 0.05) is 39.1 Å². The van der Waals surface area contributed by atoms with Crippen LogP contribution in [0.4, 0.5) is 0 Å². The van der Waals surface area contributed by atoms with Crippen molar-refractivity contribution >= 4 is 29.9 Å². The van der Waals surface area contributed by atoms with E-state index in [9.17, 15) is 0 Å². The summed E-state index contributed by atoms with van der Waals surface area (Å²) < 4.78 is 1.87. The second-order valence-electron chi connectivity index (χ2n) is 6.70. The number of aromatic nitrogens is 2. The number of hydrogen-bond donors (Lipinski definition) is 2. The van der Waals surface area contributed by atoms with Gasteiger partial charge in [-0.15, -0.1) is 24.0 Å². The highest BCUT2D eigenvalue weighted by Crippen LogP contribution is 2.09. The molecular formula is C20H31IN6. The molecule has 0 bridgehead atoms. The number of halogens is 1. The number of nitrogens with one attached hydrogen (secondary N) is 2. The smallest absolute Gasteiger partial charge is 0.191 e. The summed E-state index contributed by atoms with van der Waals surface area (Å²) in [5.74, 6) is 0.884. The second-order valence-corrected chi connectivity index (χ2v) is 6.70. The zero-order chi connectivity index (χ0) is 18.0. The number of hydrogen-bond acceptors (Lipinski definition) is 3. The van der Waals surface area contributed by atoms with E-state index in [1.807, 2.05) is 24.0 Å². The van der Waals surface area contributed by atoms with Gasteiger partial charge in [0.1, 0.15) is 0 Å². The maximum absolute atomic E-state index is 4.31. The van der Waals surface area contributed by atoms with E-state index in [1.54, 1.807) is 6.20 Å². The van der Waals surface area contributed by atoms with E-state index in [4.69, 9.17) is 0 Å². The molecule has 0 radical (unpaired) electrons. The Bertz CT molecular complexity index is 662. The highest BCUT2D eigenvalue weighted by atomic mass is 127. The van der Waals surface area contributed by atoms with E-state index in [-0.39, 0.29) is 24.0 Å². The lowest BCUT2D eigenvalue weighted by Crippen LogP contribution is -2.43. The fourth-order valence-electron chi connectivity index (χ4n) is 3.30. The van der Waals surface area contributed by atoms with Gasteiger partial charge in [-0.25, -0.2) is 4.68 Å². The topological polar surface area (TPSA) is 57.5 Å². The van der Waals surface area contributed by atoms with Crippen LogP contribution in [-0.4, -0.2) is 60.4 Å². The van der Waals surface area contributed by atoms with Crippen molar-refractivity contribution in [3.63, 3.8) is 0 Å². The summed E-state index contributed by atoms with van der Waals surface area (Å²) in [6.07, 6.45) is 8.78. The Morgan fingerprint density at radius 2 is 1.81 bits per heavy atom. The molecule has 1 fully saturated rings. The Kier molecular flexibility index (Phi) is 9.61. The Morgan fingerprint density at radius 3 is 2.48 bits per heavy atom. The zero-order valence-electron chi connectivity index (χ0n) is 16.1. The number of aliphatic imine (C=N–C) groups is 1. The summed E-state index contributed by atoms with van der Waals surface area (Å²) in [5.41, 5.74) is 2.39. The van der Waals surface area contributed by atoms with Gasteiger partial charge in [0.15, 0.2) is 5.96 Å². The number of piperidine rings is 1. The summed E-state index contributed by atoms with van der Waals surface area (Å²) in [6, 6.07) is 10.5. The number of nitrogens with zero attached hydrogens (tertiary/aromatic N) is 4.